The molecule has 0 spiro atoms. The van der Waals surface area contributed by atoms with Gasteiger partial charge in [-0.1, -0.05) is 27.6 Å². The van der Waals surface area contributed by atoms with Gasteiger partial charge in [0.05, 0.1) is 0 Å². The van der Waals surface area contributed by atoms with Crippen LogP contribution in [0.25, 0.3) is 0 Å². The summed E-state index contributed by atoms with van der Waals surface area (Å²) in [5.41, 5.74) is 6.15. The molecule has 0 bridgehead atoms. The van der Waals surface area contributed by atoms with E-state index in [0.29, 0.717) is 17.7 Å². The summed E-state index contributed by atoms with van der Waals surface area (Å²) in [6.45, 7) is 4.06. The maximum atomic E-state index is 11.3. The number of nitrogens with zero attached hydrogens (tertiary/aromatic N) is 1. The Bertz CT molecular complexity index is 674. The van der Waals surface area contributed by atoms with Crippen LogP contribution in [0.1, 0.15) is 32.3 Å². The molecule has 1 heterocycles. The lowest BCUT2D eigenvalue weighted by Gasteiger charge is -2.41. The van der Waals surface area contributed by atoms with Gasteiger partial charge in [-0.3, -0.25) is 4.99 Å². The van der Waals surface area contributed by atoms with E-state index in [0.717, 1.165) is 10.0 Å². The molecule has 1 aromatic rings. The number of aliphatic hydroxyl groups excluding tert-OH is 1. The molecule has 1 aromatic carbocycles. The number of aliphatic hydroxyl groups is 2. The molecule has 5 N–H and O–H groups in total. The van der Waals surface area contributed by atoms with Gasteiger partial charge in [-0.2, -0.15) is 0 Å². The van der Waals surface area contributed by atoms with Gasteiger partial charge in [-0.25, -0.2) is 0 Å². The maximum absolute atomic E-state index is 11.3. The Hall–Kier alpha value is -1.57. The largest absolute Gasteiger partial charge is 0.489 e. The Labute approximate surface area is 156 Å². The summed E-state index contributed by atoms with van der Waals surface area (Å²) in [5, 5.41) is 23.6. The second-order valence-electron chi connectivity index (χ2n) is 6.52. The summed E-state index contributed by atoms with van der Waals surface area (Å²) in [6.07, 6.45) is 2.59. The van der Waals surface area contributed by atoms with Crippen molar-refractivity contribution in [3.05, 3.63) is 39.9 Å². The molecule has 0 amide bonds. The van der Waals surface area contributed by atoms with E-state index in [-0.39, 0.29) is 31.0 Å². The van der Waals surface area contributed by atoms with Gasteiger partial charge in [0.15, 0.2) is 11.7 Å². The molecular weight excluding hydrogens is 386 g/mol. The van der Waals surface area contributed by atoms with E-state index in [1.165, 1.54) is 0 Å². The Morgan fingerprint density at radius 1 is 1.56 bits per heavy atom. The predicted octanol–water partition coefficient (Wildman–Crippen LogP) is 2.24. The number of rotatable bonds is 5. The second kappa shape index (κ2) is 8.21. The summed E-state index contributed by atoms with van der Waals surface area (Å²) in [6, 6.07) is 5.49. The van der Waals surface area contributed by atoms with Crippen LogP contribution >= 0.6 is 15.9 Å². The number of aliphatic imine (C=N–C) groups is 1. The van der Waals surface area contributed by atoms with E-state index in [1.807, 2.05) is 32.0 Å². The fraction of sp³-hybridized carbons (Fsp3) is 0.500. The molecule has 2 rings (SSSR count). The molecule has 0 aliphatic carbocycles. The van der Waals surface area contributed by atoms with Crippen molar-refractivity contribution in [2.24, 2.45) is 16.6 Å². The zero-order valence-corrected chi connectivity index (χ0v) is 16.4. The van der Waals surface area contributed by atoms with Gasteiger partial charge in [0.2, 0.25) is 0 Å². The van der Waals surface area contributed by atoms with Gasteiger partial charge in [-0.05, 0) is 38.5 Å². The second-order valence-corrected chi connectivity index (χ2v) is 7.43. The van der Waals surface area contributed by atoms with Crippen LogP contribution in [0.2, 0.25) is 0 Å². The van der Waals surface area contributed by atoms with Gasteiger partial charge >= 0.3 is 0 Å². The fourth-order valence-electron chi connectivity index (χ4n) is 3.11. The zero-order valence-electron chi connectivity index (χ0n) is 14.8. The third kappa shape index (κ3) is 4.74. The minimum absolute atomic E-state index is 0.0279. The first-order chi connectivity index (χ1) is 11.8. The van der Waals surface area contributed by atoms with Crippen LogP contribution in [0.4, 0.5) is 0 Å². The summed E-state index contributed by atoms with van der Waals surface area (Å²) in [7, 11) is 1.56. The molecule has 1 aliphatic heterocycles. The van der Waals surface area contributed by atoms with Crippen molar-refractivity contribution in [2.45, 2.75) is 38.5 Å². The van der Waals surface area contributed by atoms with Crippen molar-refractivity contribution in [3.8, 4) is 5.75 Å². The maximum Gasteiger partial charge on any atom is 0.190 e. The summed E-state index contributed by atoms with van der Waals surface area (Å²) in [5.74, 6) is 0.707. The van der Waals surface area contributed by atoms with E-state index in [1.54, 1.807) is 7.05 Å². The van der Waals surface area contributed by atoms with Crippen molar-refractivity contribution in [2.75, 3.05) is 13.7 Å². The number of guanidine groups is 1. The number of allylic oxidation sites excluding steroid dienone is 1. The van der Waals surface area contributed by atoms with E-state index in [4.69, 9.17) is 10.5 Å². The smallest absolute Gasteiger partial charge is 0.190 e. The Kier molecular flexibility index (Phi) is 6.48. The molecule has 1 aliphatic rings. The average molecular weight is 412 g/mol. The monoisotopic (exact) mass is 411 g/mol. The predicted molar refractivity (Wildman–Crippen MR) is 102 cm³/mol. The number of ether oxygens (including phenoxy) is 1. The van der Waals surface area contributed by atoms with E-state index < -0.39 is 5.72 Å². The lowest BCUT2D eigenvalue weighted by molar-refractivity contribution is -0.0549. The molecule has 0 saturated heterocycles. The molecule has 0 saturated carbocycles. The lowest BCUT2D eigenvalue weighted by Crippen LogP contribution is -2.54. The van der Waals surface area contributed by atoms with Crippen LogP contribution in [-0.2, 0) is 5.72 Å². The van der Waals surface area contributed by atoms with Crippen molar-refractivity contribution in [1.29, 1.82) is 0 Å². The number of nitrogens with two attached hydrogens (primary N) is 1. The Balaban J connectivity index is 2.45. The van der Waals surface area contributed by atoms with Crippen molar-refractivity contribution in [1.82, 2.24) is 5.32 Å². The Morgan fingerprint density at radius 3 is 2.88 bits per heavy atom. The molecule has 3 unspecified atom stereocenters. The number of nitrogens with one attached hydrogen (secondary N) is 1. The normalized spacial score (nSPS) is 24.1. The summed E-state index contributed by atoms with van der Waals surface area (Å²) in [4.78, 5) is 3.90. The number of benzene rings is 1. The summed E-state index contributed by atoms with van der Waals surface area (Å²) < 4.78 is 6.99. The molecule has 25 heavy (non-hydrogen) atoms. The molecule has 6 nitrogen and oxygen atoms in total. The molecular formula is C18H26BrN3O3. The average Bonchev–Trinajstić information content (AvgIpc) is 2.54. The zero-order chi connectivity index (χ0) is 18.6. The highest BCUT2D eigenvalue weighted by Crippen LogP contribution is 2.41. The van der Waals surface area contributed by atoms with Crippen molar-refractivity contribution >= 4 is 21.9 Å². The first-order valence-electron chi connectivity index (χ1n) is 8.24. The first kappa shape index (κ1) is 19.8. The van der Waals surface area contributed by atoms with Gasteiger partial charge < -0.3 is 26.0 Å². The first-order valence-corrected chi connectivity index (χ1v) is 9.03. The van der Waals surface area contributed by atoms with E-state index >= 15 is 0 Å². The van der Waals surface area contributed by atoms with E-state index in [2.05, 4.69) is 32.3 Å². The molecule has 0 fully saturated rings. The number of halogens is 1. The third-order valence-electron chi connectivity index (χ3n) is 4.23. The van der Waals surface area contributed by atoms with Crippen LogP contribution in [0.5, 0.6) is 5.75 Å². The summed E-state index contributed by atoms with van der Waals surface area (Å²) >= 11 is 3.43. The van der Waals surface area contributed by atoms with Crippen LogP contribution < -0.4 is 15.8 Å². The highest BCUT2D eigenvalue weighted by atomic mass is 79.9. The number of fused-ring (bicyclic) bond motifs is 1. The minimum Gasteiger partial charge on any atom is -0.489 e. The molecule has 0 aromatic heterocycles. The number of hydrogen-bond donors (Lipinski definition) is 4. The standard InChI is InChI=1S/C18H26BrN3O3/c1-11(2)8-12(6-7-23)16-10-18(24,22-17(20)21-3)14-9-13(19)4-5-15(14)25-16/h4-5,8-9,12,16,23-24H,6-7,10H2,1-3H3,(H3,20,21,22). The van der Waals surface area contributed by atoms with Crippen LogP contribution in [0.3, 0.4) is 0 Å². The van der Waals surface area contributed by atoms with Crippen LogP contribution in [0.15, 0.2) is 39.3 Å². The quantitative estimate of drug-likeness (QED) is 0.257. The fourth-order valence-corrected chi connectivity index (χ4v) is 3.47. The highest BCUT2D eigenvalue weighted by Gasteiger charge is 2.43. The van der Waals surface area contributed by atoms with Gasteiger partial charge in [-0.15, -0.1) is 0 Å². The molecule has 3 atom stereocenters. The molecule has 7 heteroatoms. The van der Waals surface area contributed by atoms with Crippen LogP contribution in [0, 0.1) is 5.92 Å². The van der Waals surface area contributed by atoms with Gasteiger partial charge in [0.25, 0.3) is 0 Å². The lowest BCUT2D eigenvalue weighted by atomic mass is 9.85. The van der Waals surface area contributed by atoms with Crippen LogP contribution in [-0.4, -0.2) is 35.9 Å². The highest BCUT2D eigenvalue weighted by molar-refractivity contribution is 9.10. The minimum atomic E-state index is -1.41. The topological polar surface area (TPSA) is 100 Å². The third-order valence-corrected chi connectivity index (χ3v) is 4.72. The molecule has 138 valence electrons. The van der Waals surface area contributed by atoms with E-state index in [9.17, 15) is 10.2 Å². The Morgan fingerprint density at radius 2 is 2.28 bits per heavy atom. The number of hydrogen-bond acceptors (Lipinski definition) is 4. The molecule has 0 radical (unpaired) electrons. The van der Waals surface area contributed by atoms with Crippen molar-refractivity contribution < 1.29 is 14.9 Å². The van der Waals surface area contributed by atoms with Gasteiger partial charge in [0, 0.05) is 36.0 Å². The van der Waals surface area contributed by atoms with Crippen molar-refractivity contribution in [3.63, 3.8) is 0 Å². The SMILES string of the molecule is CN=C(N)NC1(O)CC(C(C=C(C)C)CCO)Oc2ccc(Br)cc21. The van der Waals surface area contributed by atoms with Gasteiger partial charge in [0.1, 0.15) is 11.9 Å².